The number of hydrogen-bond acceptors (Lipinski definition) is 8. The van der Waals surface area contributed by atoms with E-state index in [2.05, 4.69) is 45.0 Å². The Hall–Kier alpha value is -4.97. The Morgan fingerprint density at radius 1 is 1.05 bits per heavy atom. The summed E-state index contributed by atoms with van der Waals surface area (Å²) in [7, 11) is 0. The molecule has 2 amide bonds. The molecule has 0 aliphatic carbocycles. The van der Waals surface area contributed by atoms with Crippen molar-refractivity contribution in [1.29, 1.82) is 0 Å². The molecule has 0 spiro atoms. The van der Waals surface area contributed by atoms with Crippen LogP contribution in [0.3, 0.4) is 0 Å². The minimum atomic E-state index is -0.960. The van der Waals surface area contributed by atoms with Crippen LogP contribution in [0.5, 0.6) is 0 Å². The standard InChI is InChI=1S/C32H35N9O3/c1-21(2)23-10-12-24(13-11-23)31(32(43)33-18-26-7-6-16-44-26)41(25-14-15-28(22(3)17-25)40-20-34-36-38-40)30(42)19-39-29-9-5-4-8-27(29)35-37-39/h4-5,8-15,17,20-21,26,31H,6-7,16,18-19H2,1-3H3,(H,33,43). The van der Waals surface area contributed by atoms with Gasteiger partial charge in [-0.15, -0.1) is 10.2 Å². The Bertz CT molecular complexity index is 1740. The molecule has 12 heteroatoms. The van der Waals surface area contributed by atoms with Crippen LogP contribution < -0.4 is 10.2 Å². The molecule has 2 unspecified atom stereocenters. The number of carbonyl (C=O) groups is 2. The van der Waals surface area contributed by atoms with E-state index in [9.17, 15) is 9.59 Å². The molecule has 0 radical (unpaired) electrons. The van der Waals surface area contributed by atoms with Crippen LogP contribution in [0.15, 0.2) is 73.1 Å². The monoisotopic (exact) mass is 593 g/mol. The lowest BCUT2D eigenvalue weighted by Crippen LogP contribution is -2.46. The molecule has 3 aromatic carbocycles. The third-order valence-corrected chi connectivity index (χ3v) is 7.98. The van der Waals surface area contributed by atoms with Crippen LogP contribution in [0.1, 0.15) is 55.3 Å². The van der Waals surface area contributed by atoms with Gasteiger partial charge in [-0.1, -0.05) is 55.5 Å². The van der Waals surface area contributed by atoms with Gasteiger partial charge in [-0.3, -0.25) is 14.5 Å². The van der Waals surface area contributed by atoms with Crippen molar-refractivity contribution in [3.8, 4) is 5.69 Å². The fourth-order valence-electron chi connectivity index (χ4n) is 5.59. The summed E-state index contributed by atoms with van der Waals surface area (Å²) in [6, 6.07) is 19.9. The van der Waals surface area contributed by atoms with Gasteiger partial charge in [0.15, 0.2) is 0 Å². The quantitative estimate of drug-likeness (QED) is 0.258. The lowest BCUT2D eigenvalue weighted by Gasteiger charge is -2.32. The molecule has 44 heavy (non-hydrogen) atoms. The minimum absolute atomic E-state index is 0.0496. The van der Waals surface area contributed by atoms with Crippen LogP contribution >= 0.6 is 0 Å². The van der Waals surface area contributed by atoms with Gasteiger partial charge < -0.3 is 10.1 Å². The number of rotatable bonds is 10. The van der Waals surface area contributed by atoms with E-state index in [1.54, 1.807) is 14.3 Å². The van der Waals surface area contributed by atoms with Crippen LogP contribution in [0, 0.1) is 6.92 Å². The Balaban J connectivity index is 1.43. The van der Waals surface area contributed by atoms with E-state index in [-0.39, 0.29) is 24.5 Å². The Kier molecular flexibility index (Phi) is 8.42. The number of tetrazole rings is 1. The van der Waals surface area contributed by atoms with Crippen molar-refractivity contribution in [3.05, 3.63) is 89.7 Å². The maximum absolute atomic E-state index is 14.4. The normalized spacial score (nSPS) is 15.5. The van der Waals surface area contributed by atoms with E-state index >= 15 is 0 Å². The molecule has 1 saturated heterocycles. The van der Waals surface area contributed by atoms with Crippen molar-refractivity contribution in [1.82, 2.24) is 40.5 Å². The molecule has 12 nitrogen and oxygen atoms in total. The second-order valence-corrected chi connectivity index (χ2v) is 11.3. The van der Waals surface area contributed by atoms with Gasteiger partial charge in [-0.25, -0.2) is 9.36 Å². The average molecular weight is 594 g/mol. The molecule has 2 atom stereocenters. The molecule has 5 aromatic rings. The lowest BCUT2D eigenvalue weighted by molar-refractivity contribution is -0.127. The predicted molar refractivity (Wildman–Crippen MR) is 164 cm³/mol. The van der Waals surface area contributed by atoms with Crippen molar-refractivity contribution in [2.24, 2.45) is 0 Å². The fourth-order valence-corrected chi connectivity index (χ4v) is 5.59. The van der Waals surface area contributed by atoms with Crippen LogP contribution in [0.2, 0.25) is 0 Å². The van der Waals surface area contributed by atoms with Gasteiger partial charge in [0.2, 0.25) is 11.8 Å². The van der Waals surface area contributed by atoms with E-state index in [1.165, 1.54) is 6.33 Å². The van der Waals surface area contributed by atoms with Crippen molar-refractivity contribution >= 4 is 28.5 Å². The number of benzene rings is 3. The Morgan fingerprint density at radius 3 is 2.55 bits per heavy atom. The zero-order chi connectivity index (χ0) is 30.6. The van der Waals surface area contributed by atoms with Crippen molar-refractivity contribution in [2.75, 3.05) is 18.1 Å². The van der Waals surface area contributed by atoms with Crippen molar-refractivity contribution < 1.29 is 14.3 Å². The number of fused-ring (bicyclic) bond motifs is 1. The zero-order valence-electron chi connectivity index (χ0n) is 25.0. The van der Waals surface area contributed by atoms with Gasteiger partial charge in [0, 0.05) is 18.8 Å². The number of hydrogen-bond donors (Lipinski definition) is 1. The van der Waals surface area contributed by atoms with Gasteiger partial charge in [-0.2, -0.15) is 0 Å². The van der Waals surface area contributed by atoms with Crippen LogP contribution in [-0.4, -0.2) is 66.3 Å². The molecular weight excluding hydrogens is 558 g/mol. The summed E-state index contributed by atoms with van der Waals surface area (Å²) in [4.78, 5) is 30.2. The van der Waals surface area contributed by atoms with E-state index in [0.717, 1.165) is 35.2 Å². The molecule has 1 aliphatic rings. The summed E-state index contributed by atoms with van der Waals surface area (Å²) in [6.45, 7) is 7.09. The highest BCUT2D eigenvalue weighted by Gasteiger charge is 2.34. The zero-order valence-corrected chi connectivity index (χ0v) is 25.0. The SMILES string of the molecule is Cc1cc(N(C(=O)Cn2nnc3ccccc32)C(C(=O)NCC2CCCO2)c2ccc(C(C)C)cc2)ccc1-n1cnnn1. The van der Waals surface area contributed by atoms with E-state index in [4.69, 9.17) is 4.74 Å². The summed E-state index contributed by atoms with van der Waals surface area (Å²) in [5.74, 6) is -0.298. The van der Waals surface area contributed by atoms with Crippen LogP contribution in [0.25, 0.3) is 16.7 Å². The average Bonchev–Trinajstić information content (AvgIpc) is 3.82. The van der Waals surface area contributed by atoms with Crippen LogP contribution in [0.4, 0.5) is 5.69 Å². The fraction of sp³-hybridized carbons (Fsp3) is 0.344. The number of para-hydroxylation sites is 1. The number of anilines is 1. The maximum atomic E-state index is 14.4. The van der Waals surface area contributed by atoms with Gasteiger partial charge in [-0.05, 0) is 83.1 Å². The molecule has 2 aromatic heterocycles. The maximum Gasteiger partial charge on any atom is 0.249 e. The first-order valence-electron chi connectivity index (χ1n) is 14.8. The van der Waals surface area contributed by atoms with E-state index in [0.29, 0.717) is 35.8 Å². The predicted octanol–water partition coefficient (Wildman–Crippen LogP) is 3.91. The number of amides is 2. The Morgan fingerprint density at radius 2 is 1.84 bits per heavy atom. The third kappa shape index (κ3) is 6.06. The molecule has 1 aliphatic heterocycles. The molecule has 0 saturated carbocycles. The first-order valence-corrected chi connectivity index (χ1v) is 14.8. The van der Waals surface area contributed by atoms with Gasteiger partial charge in [0.05, 0.1) is 17.3 Å². The van der Waals surface area contributed by atoms with E-state index < -0.39 is 6.04 Å². The minimum Gasteiger partial charge on any atom is -0.376 e. The van der Waals surface area contributed by atoms with Gasteiger partial charge >= 0.3 is 0 Å². The largest absolute Gasteiger partial charge is 0.376 e. The molecule has 0 bridgehead atoms. The summed E-state index contributed by atoms with van der Waals surface area (Å²) in [5.41, 5.74) is 5.38. The number of aromatic nitrogens is 7. The smallest absolute Gasteiger partial charge is 0.249 e. The topological polar surface area (TPSA) is 133 Å². The second-order valence-electron chi connectivity index (χ2n) is 11.3. The molecule has 6 rings (SSSR count). The molecule has 1 fully saturated rings. The summed E-state index contributed by atoms with van der Waals surface area (Å²) in [6.07, 6.45) is 3.31. The molecule has 1 N–H and O–H groups in total. The molecular formula is C32H35N9O3. The van der Waals surface area contributed by atoms with Gasteiger partial charge in [0.25, 0.3) is 0 Å². The van der Waals surface area contributed by atoms with E-state index in [1.807, 2.05) is 73.7 Å². The van der Waals surface area contributed by atoms with Crippen molar-refractivity contribution in [2.45, 2.75) is 58.2 Å². The number of aryl methyl sites for hydroxylation is 1. The summed E-state index contributed by atoms with van der Waals surface area (Å²) >= 11 is 0. The Labute approximate surface area is 255 Å². The molecule has 226 valence electrons. The highest BCUT2D eigenvalue weighted by Crippen LogP contribution is 2.32. The first-order chi connectivity index (χ1) is 21.4. The number of nitrogens with one attached hydrogen (secondary N) is 1. The highest BCUT2D eigenvalue weighted by atomic mass is 16.5. The molecule has 3 heterocycles. The van der Waals surface area contributed by atoms with Crippen molar-refractivity contribution in [3.63, 3.8) is 0 Å². The summed E-state index contributed by atoms with van der Waals surface area (Å²) < 4.78 is 8.89. The highest BCUT2D eigenvalue weighted by molar-refractivity contribution is 6.01. The number of ether oxygens (including phenoxy) is 1. The van der Waals surface area contributed by atoms with Crippen LogP contribution in [-0.2, 0) is 20.9 Å². The second kappa shape index (κ2) is 12.7. The third-order valence-electron chi connectivity index (χ3n) is 7.98. The lowest BCUT2D eigenvalue weighted by atomic mass is 9.97. The van der Waals surface area contributed by atoms with Gasteiger partial charge in [0.1, 0.15) is 24.4 Å². The number of nitrogens with zero attached hydrogens (tertiary/aromatic N) is 8. The summed E-state index contributed by atoms with van der Waals surface area (Å²) in [5, 5.41) is 23.1. The first kappa shape index (κ1) is 29.1. The number of carbonyl (C=O) groups excluding carboxylic acids is 2.